The molecule has 0 bridgehead atoms. The highest BCUT2D eigenvalue weighted by atomic mass is 32.2. The van der Waals surface area contributed by atoms with Crippen LogP contribution in [0.1, 0.15) is 20.8 Å². The van der Waals surface area contributed by atoms with Crippen LogP contribution in [0.5, 0.6) is 0 Å². The van der Waals surface area contributed by atoms with Gasteiger partial charge in [-0.1, -0.05) is 20.8 Å². The monoisotopic (exact) mass is 195 g/mol. The van der Waals surface area contributed by atoms with Crippen molar-refractivity contribution in [1.82, 2.24) is 4.72 Å². The van der Waals surface area contributed by atoms with E-state index in [1.165, 1.54) is 0 Å². The summed E-state index contributed by atoms with van der Waals surface area (Å²) in [4.78, 5) is 11.1. The summed E-state index contributed by atoms with van der Waals surface area (Å²) in [6.07, 6.45) is 0. The molecule has 0 rings (SSSR count). The van der Waals surface area contributed by atoms with E-state index in [0.29, 0.717) is 0 Å². The van der Waals surface area contributed by atoms with Crippen LogP contribution in [0.3, 0.4) is 0 Å². The molecule has 72 valence electrons. The van der Waals surface area contributed by atoms with Crippen LogP contribution in [0.25, 0.3) is 0 Å². The van der Waals surface area contributed by atoms with E-state index in [9.17, 15) is 13.2 Å². The van der Waals surface area contributed by atoms with Gasteiger partial charge in [0.2, 0.25) is 5.91 Å². The van der Waals surface area contributed by atoms with Crippen LogP contribution < -0.4 is 4.72 Å². The first-order valence-corrected chi connectivity index (χ1v) is 4.72. The minimum absolute atomic E-state index is 0.593. The molecule has 6 heteroatoms. The summed E-state index contributed by atoms with van der Waals surface area (Å²) in [6.45, 7) is 4.81. The molecule has 1 N–H and O–H groups in total. The van der Waals surface area contributed by atoms with Gasteiger partial charge in [-0.25, -0.2) is 4.72 Å². The van der Waals surface area contributed by atoms with Crippen molar-refractivity contribution >= 4 is 16.2 Å². The molecule has 0 saturated carbocycles. The molecular weight excluding hydrogens is 182 g/mol. The average molecular weight is 195 g/mol. The van der Waals surface area contributed by atoms with Gasteiger partial charge < -0.3 is 0 Å². The molecule has 0 heterocycles. The van der Waals surface area contributed by atoms with Crippen LogP contribution in [0, 0.1) is 5.41 Å². The van der Waals surface area contributed by atoms with E-state index in [1.807, 2.05) is 0 Å². The maximum absolute atomic E-state index is 11.1. The zero-order valence-corrected chi connectivity index (χ0v) is 8.36. The maximum Gasteiger partial charge on any atom is 0.361 e. The van der Waals surface area contributed by atoms with Crippen molar-refractivity contribution in [2.75, 3.05) is 7.11 Å². The predicted octanol–water partition coefficient (Wildman–Crippen LogP) is 0.0399. The van der Waals surface area contributed by atoms with Crippen LogP contribution in [0.2, 0.25) is 0 Å². The zero-order valence-electron chi connectivity index (χ0n) is 7.54. The van der Waals surface area contributed by atoms with E-state index in [4.69, 9.17) is 0 Å². The SMILES string of the molecule is COS(=O)(=O)NC(=O)C(C)(C)C. The van der Waals surface area contributed by atoms with Gasteiger partial charge in [0.1, 0.15) is 0 Å². The Hall–Kier alpha value is -0.620. The Morgan fingerprint density at radius 2 is 1.75 bits per heavy atom. The fourth-order valence-corrected chi connectivity index (χ4v) is 0.925. The molecule has 0 aliphatic heterocycles. The Labute approximate surface area is 72.4 Å². The molecule has 0 aliphatic carbocycles. The summed E-state index contributed by atoms with van der Waals surface area (Å²) < 4.78 is 27.2. The Morgan fingerprint density at radius 3 is 2.00 bits per heavy atom. The van der Waals surface area contributed by atoms with E-state index >= 15 is 0 Å². The highest BCUT2D eigenvalue weighted by molar-refractivity contribution is 7.85. The molecule has 12 heavy (non-hydrogen) atoms. The molecular formula is C6H13NO4S. The summed E-state index contributed by atoms with van der Waals surface area (Å²) in [5.74, 6) is -0.593. The number of rotatable bonds is 2. The largest absolute Gasteiger partial charge is 0.361 e. The molecule has 0 aromatic rings. The third kappa shape index (κ3) is 3.68. The molecule has 0 aromatic carbocycles. The molecule has 5 nitrogen and oxygen atoms in total. The standard InChI is InChI=1S/C6H13NO4S/c1-6(2,3)5(8)7-12(9,10)11-4/h1-4H3,(H,7,8). The molecule has 0 saturated heterocycles. The van der Waals surface area contributed by atoms with Crippen molar-refractivity contribution in [1.29, 1.82) is 0 Å². The zero-order chi connectivity index (χ0) is 9.99. The van der Waals surface area contributed by atoms with Gasteiger partial charge in [-0.3, -0.25) is 8.98 Å². The number of carbonyl (C=O) groups excluding carboxylic acids is 1. The first-order chi connectivity index (χ1) is 5.19. The van der Waals surface area contributed by atoms with Gasteiger partial charge in [0.15, 0.2) is 0 Å². The molecule has 0 atom stereocenters. The number of amides is 1. The van der Waals surface area contributed by atoms with Gasteiger partial charge in [0.05, 0.1) is 7.11 Å². The second-order valence-electron chi connectivity index (χ2n) is 3.30. The second-order valence-corrected chi connectivity index (χ2v) is 4.75. The molecule has 0 fully saturated rings. The highest BCUT2D eigenvalue weighted by Gasteiger charge is 2.25. The fraction of sp³-hybridized carbons (Fsp3) is 0.833. The summed E-state index contributed by atoms with van der Waals surface area (Å²) >= 11 is 0. The predicted molar refractivity (Wildman–Crippen MR) is 43.5 cm³/mol. The third-order valence-corrected chi connectivity index (χ3v) is 1.99. The molecule has 0 aliphatic rings. The summed E-state index contributed by atoms with van der Waals surface area (Å²) in [6, 6.07) is 0. The van der Waals surface area contributed by atoms with E-state index in [2.05, 4.69) is 4.18 Å². The average Bonchev–Trinajstić information content (AvgIpc) is 1.85. The number of carbonyl (C=O) groups is 1. The van der Waals surface area contributed by atoms with Crippen molar-refractivity contribution in [3.05, 3.63) is 0 Å². The molecule has 1 amide bonds. The first-order valence-electron chi connectivity index (χ1n) is 3.32. The number of nitrogens with one attached hydrogen (secondary N) is 1. The lowest BCUT2D eigenvalue weighted by Gasteiger charge is -2.16. The lowest BCUT2D eigenvalue weighted by atomic mass is 9.96. The van der Waals surface area contributed by atoms with E-state index in [1.54, 1.807) is 25.5 Å². The van der Waals surface area contributed by atoms with Gasteiger partial charge in [0.25, 0.3) is 0 Å². The Morgan fingerprint density at radius 1 is 1.33 bits per heavy atom. The Bertz CT molecular complexity index is 262. The van der Waals surface area contributed by atoms with Crippen molar-refractivity contribution in [2.45, 2.75) is 20.8 Å². The maximum atomic E-state index is 11.1. The van der Waals surface area contributed by atoms with Crippen molar-refractivity contribution in [3.63, 3.8) is 0 Å². The molecule has 0 radical (unpaired) electrons. The van der Waals surface area contributed by atoms with E-state index in [0.717, 1.165) is 7.11 Å². The quantitative estimate of drug-likeness (QED) is 0.675. The summed E-state index contributed by atoms with van der Waals surface area (Å²) in [5.41, 5.74) is -0.744. The molecule has 0 spiro atoms. The van der Waals surface area contributed by atoms with E-state index < -0.39 is 21.6 Å². The fourth-order valence-electron chi connectivity index (χ4n) is 0.308. The van der Waals surface area contributed by atoms with Crippen LogP contribution in [0.15, 0.2) is 0 Å². The van der Waals surface area contributed by atoms with Gasteiger partial charge in [-0.15, -0.1) is 0 Å². The Kier molecular flexibility index (Phi) is 3.23. The minimum atomic E-state index is -3.90. The molecule has 0 aromatic heterocycles. The highest BCUT2D eigenvalue weighted by Crippen LogP contribution is 2.12. The Balaban J connectivity index is 4.42. The number of hydrogen-bond acceptors (Lipinski definition) is 4. The smallest absolute Gasteiger partial charge is 0.273 e. The lowest BCUT2D eigenvalue weighted by molar-refractivity contribution is -0.126. The van der Waals surface area contributed by atoms with Crippen LogP contribution >= 0.6 is 0 Å². The van der Waals surface area contributed by atoms with Gasteiger partial charge >= 0.3 is 10.3 Å². The van der Waals surface area contributed by atoms with Crippen molar-refractivity contribution in [3.8, 4) is 0 Å². The van der Waals surface area contributed by atoms with Crippen LogP contribution in [-0.4, -0.2) is 21.4 Å². The topological polar surface area (TPSA) is 72.5 Å². The number of hydrogen-bond donors (Lipinski definition) is 1. The van der Waals surface area contributed by atoms with Gasteiger partial charge in [-0.2, -0.15) is 8.42 Å². The van der Waals surface area contributed by atoms with Crippen molar-refractivity contribution < 1.29 is 17.4 Å². The van der Waals surface area contributed by atoms with Crippen LogP contribution in [0.4, 0.5) is 0 Å². The molecule has 0 unspecified atom stereocenters. The lowest BCUT2D eigenvalue weighted by Crippen LogP contribution is -2.39. The summed E-state index contributed by atoms with van der Waals surface area (Å²) in [7, 11) is -2.92. The first kappa shape index (κ1) is 11.4. The van der Waals surface area contributed by atoms with Gasteiger partial charge in [0, 0.05) is 5.41 Å². The minimum Gasteiger partial charge on any atom is -0.273 e. The second kappa shape index (κ2) is 3.40. The van der Waals surface area contributed by atoms with Crippen LogP contribution in [-0.2, 0) is 19.3 Å². The summed E-state index contributed by atoms with van der Waals surface area (Å²) in [5, 5.41) is 0. The third-order valence-electron chi connectivity index (χ3n) is 1.12. The van der Waals surface area contributed by atoms with E-state index in [-0.39, 0.29) is 0 Å². The normalized spacial score (nSPS) is 12.7. The van der Waals surface area contributed by atoms with Crippen molar-refractivity contribution in [2.24, 2.45) is 5.41 Å². The van der Waals surface area contributed by atoms with Gasteiger partial charge in [-0.05, 0) is 0 Å².